The quantitative estimate of drug-likeness (QED) is 0.672. The SMILES string of the molecule is Cc1noc(C)c1CCCNC(=O)c1cc(=O)n(-c2ccccc2)[nH]1. The van der Waals surface area contributed by atoms with Crippen LogP contribution in [0.15, 0.2) is 45.7 Å². The molecule has 0 atom stereocenters. The van der Waals surface area contributed by atoms with Gasteiger partial charge in [0, 0.05) is 18.2 Å². The predicted molar refractivity (Wildman–Crippen MR) is 93.0 cm³/mol. The van der Waals surface area contributed by atoms with Crippen LogP contribution in [0.1, 0.15) is 33.9 Å². The summed E-state index contributed by atoms with van der Waals surface area (Å²) >= 11 is 0. The smallest absolute Gasteiger partial charge is 0.271 e. The molecule has 0 fully saturated rings. The van der Waals surface area contributed by atoms with E-state index in [0.29, 0.717) is 12.2 Å². The van der Waals surface area contributed by atoms with E-state index in [-0.39, 0.29) is 17.2 Å². The number of nitrogens with one attached hydrogen (secondary N) is 2. The van der Waals surface area contributed by atoms with Crippen molar-refractivity contribution in [2.75, 3.05) is 6.54 Å². The molecule has 1 amide bonds. The third kappa shape index (κ3) is 3.71. The van der Waals surface area contributed by atoms with E-state index in [2.05, 4.69) is 15.6 Å². The molecule has 130 valence electrons. The van der Waals surface area contributed by atoms with Crippen LogP contribution in [0.25, 0.3) is 5.69 Å². The number of aryl methyl sites for hydroxylation is 2. The van der Waals surface area contributed by atoms with E-state index in [1.807, 2.05) is 32.0 Å². The molecule has 0 bridgehead atoms. The molecule has 0 radical (unpaired) electrons. The first-order chi connectivity index (χ1) is 12.1. The number of carbonyl (C=O) groups is 1. The average molecular weight is 340 g/mol. The van der Waals surface area contributed by atoms with Crippen molar-refractivity contribution in [3.63, 3.8) is 0 Å². The molecule has 7 heteroatoms. The number of benzene rings is 1. The zero-order chi connectivity index (χ0) is 17.8. The monoisotopic (exact) mass is 340 g/mol. The van der Waals surface area contributed by atoms with Gasteiger partial charge in [-0.15, -0.1) is 0 Å². The van der Waals surface area contributed by atoms with Crippen molar-refractivity contribution in [1.29, 1.82) is 0 Å². The van der Waals surface area contributed by atoms with Gasteiger partial charge in [0.2, 0.25) is 0 Å². The summed E-state index contributed by atoms with van der Waals surface area (Å²) in [5, 5.41) is 9.57. The predicted octanol–water partition coefficient (Wildman–Crippen LogP) is 2.13. The minimum Gasteiger partial charge on any atom is -0.361 e. The van der Waals surface area contributed by atoms with E-state index in [1.165, 1.54) is 10.7 Å². The Morgan fingerprint density at radius 1 is 1.28 bits per heavy atom. The molecular weight excluding hydrogens is 320 g/mol. The molecule has 0 spiro atoms. The Bertz CT molecular complexity index is 902. The summed E-state index contributed by atoms with van der Waals surface area (Å²) in [4.78, 5) is 24.3. The van der Waals surface area contributed by atoms with Crippen LogP contribution in [-0.2, 0) is 6.42 Å². The summed E-state index contributed by atoms with van der Waals surface area (Å²) in [7, 11) is 0. The third-order valence-corrected chi connectivity index (χ3v) is 4.05. The second-order valence-corrected chi connectivity index (χ2v) is 5.84. The molecule has 0 aliphatic heterocycles. The largest absolute Gasteiger partial charge is 0.361 e. The number of H-pyrrole nitrogens is 1. The van der Waals surface area contributed by atoms with Crippen molar-refractivity contribution in [3.8, 4) is 5.69 Å². The highest BCUT2D eigenvalue weighted by atomic mass is 16.5. The van der Waals surface area contributed by atoms with Crippen molar-refractivity contribution in [2.24, 2.45) is 0 Å². The molecule has 1 aromatic carbocycles. The van der Waals surface area contributed by atoms with Crippen LogP contribution in [0.3, 0.4) is 0 Å². The maximum atomic E-state index is 12.2. The Hall–Kier alpha value is -3.09. The molecule has 0 aliphatic rings. The van der Waals surface area contributed by atoms with Gasteiger partial charge in [0.1, 0.15) is 11.5 Å². The van der Waals surface area contributed by atoms with E-state index >= 15 is 0 Å². The Kier molecular flexibility index (Phi) is 4.83. The standard InChI is InChI=1S/C18H20N4O3/c1-12-15(13(2)25-21-12)9-6-10-19-18(24)16-11-17(23)22(20-16)14-7-4-3-5-8-14/h3-5,7-8,11,20H,6,9-10H2,1-2H3,(H,19,24). The molecule has 2 N–H and O–H groups in total. The van der Waals surface area contributed by atoms with Gasteiger partial charge in [-0.25, -0.2) is 4.68 Å². The first-order valence-corrected chi connectivity index (χ1v) is 8.13. The number of hydrogen-bond acceptors (Lipinski definition) is 4. The van der Waals surface area contributed by atoms with Gasteiger partial charge >= 0.3 is 0 Å². The number of aromatic amines is 1. The molecule has 2 heterocycles. The van der Waals surface area contributed by atoms with E-state index < -0.39 is 0 Å². The lowest BCUT2D eigenvalue weighted by Crippen LogP contribution is -2.25. The molecule has 2 aromatic heterocycles. The highest BCUT2D eigenvalue weighted by Gasteiger charge is 2.12. The first kappa shape index (κ1) is 16.8. The topological polar surface area (TPSA) is 92.9 Å². The summed E-state index contributed by atoms with van der Waals surface area (Å²) in [6.07, 6.45) is 1.54. The molecule has 0 saturated carbocycles. The Morgan fingerprint density at radius 2 is 2.04 bits per heavy atom. The highest BCUT2D eigenvalue weighted by molar-refractivity contribution is 5.92. The number of nitrogens with zero attached hydrogens (tertiary/aromatic N) is 2. The minimum atomic E-state index is -0.300. The maximum Gasteiger partial charge on any atom is 0.271 e. The maximum absolute atomic E-state index is 12.2. The van der Waals surface area contributed by atoms with Gasteiger partial charge in [-0.05, 0) is 38.8 Å². The Labute approximate surface area is 144 Å². The van der Waals surface area contributed by atoms with Gasteiger partial charge in [-0.1, -0.05) is 23.4 Å². The lowest BCUT2D eigenvalue weighted by molar-refractivity contribution is 0.0948. The summed E-state index contributed by atoms with van der Waals surface area (Å²) in [5.74, 6) is 0.513. The Morgan fingerprint density at radius 3 is 2.72 bits per heavy atom. The van der Waals surface area contributed by atoms with Crippen molar-refractivity contribution < 1.29 is 9.32 Å². The minimum absolute atomic E-state index is 0.242. The summed E-state index contributed by atoms with van der Waals surface area (Å²) in [5.41, 5.74) is 2.62. The van der Waals surface area contributed by atoms with E-state index in [1.54, 1.807) is 12.1 Å². The number of para-hydroxylation sites is 1. The van der Waals surface area contributed by atoms with Gasteiger partial charge < -0.3 is 9.84 Å². The molecule has 0 saturated heterocycles. The lowest BCUT2D eigenvalue weighted by atomic mass is 10.1. The van der Waals surface area contributed by atoms with Crippen molar-refractivity contribution in [3.05, 3.63) is 69.5 Å². The molecule has 3 aromatic rings. The van der Waals surface area contributed by atoms with Gasteiger partial charge in [0.25, 0.3) is 11.5 Å². The van der Waals surface area contributed by atoms with Crippen LogP contribution in [-0.4, -0.2) is 27.4 Å². The number of carbonyl (C=O) groups excluding carboxylic acids is 1. The number of aromatic nitrogens is 3. The molecule has 7 nitrogen and oxygen atoms in total. The number of amides is 1. The van der Waals surface area contributed by atoms with E-state index in [4.69, 9.17) is 4.52 Å². The van der Waals surface area contributed by atoms with Crippen molar-refractivity contribution in [1.82, 2.24) is 20.3 Å². The molecule has 0 unspecified atom stereocenters. The first-order valence-electron chi connectivity index (χ1n) is 8.13. The summed E-state index contributed by atoms with van der Waals surface area (Å²) in [6, 6.07) is 10.4. The van der Waals surface area contributed by atoms with Crippen LogP contribution in [0.5, 0.6) is 0 Å². The third-order valence-electron chi connectivity index (χ3n) is 4.05. The molecule has 0 aliphatic carbocycles. The zero-order valence-corrected chi connectivity index (χ0v) is 14.2. The van der Waals surface area contributed by atoms with E-state index in [0.717, 1.165) is 29.9 Å². The van der Waals surface area contributed by atoms with Gasteiger partial charge in [-0.3, -0.25) is 14.7 Å². The second kappa shape index (κ2) is 7.21. The van der Waals surface area contributed by atoms with E-state index in [9.17, 15) is 9.59 Å². The van der Waals surface area contributed by atoms with Gasteiger partial charge in [0.15, 0.2) is 0 Å². The molecule has 3 rings (SSSR count). The summed E-state index contributed by atoms with van der Waals surface area (Å²) in [6.45, 7) is 4.29. The van der Waals surface area contributed by atoms with Crippen molar-refractivity contribution >= 4 is 5.91 Å². The van der Waals surface area contributed by atoms with Crippen LogP contribution in [0.2, 0.25) is 0 Å². The van der Waals surface area contributed by atoms with Crippen LogP contribution >= 0.6 is 0 Å². The second-order valence-electron chi connectivity index (χ2n) is 5.84. The average Bonchev–Trinajstić information content (AvgIpc) is 3.16. The van der Waals surface area contributed by atoms with Crippen LogP contribution in [0.4, 0.5) is 0 Å². The van der Waals surface area contributed by atoms with Crippen molar-refractivity contribution in [2.45, 2.75) is 26.7 Å². The number of hydrogen-bond donors (Lipinski definition) is 2. The van der Waals surface area contributed by atoms with Gasteiger partial charge in [0.05, 0.1) is 11.4 Å². The highest BCUT2D eigenvalue weighted by Crippen LogP contribution is 2.13. The zero-order valence-electron chi connectivity index (χ0n) is 14.2. The molecular formula is C18H20N4O3. The summed E-state index contributed by atoms with van der Waals surface area (Å²) < 4.78 is 6.47. The fourth-order valence-electron chi connectivity index (χ4n) is 2.70. The fraction of sp³-hybridized carbons (Fsp3) is 0.278. The Balaban J connectivity index is 1.58. The lowest BCUT2D eigenvalue weighted by Gasteiger charge is -2.04. The van der Waals surface area contributed by atoms with Crippen LogP contribution < -0.4 is 10.9 Å². The van der Waals surface area contributed by atoms with Crippen LogP contribution in [0, 0.1) is 13.8 Å². The number of rotatable bonds is 6. The normalized spacial score (nSPS) is 10.8. The van der Waals surface area contributed by atoms with Gasteiger partial charge in [-0.2, -0.15) is 0 Å². The fourth-order valence-corrected chi connectivity index (χ4v) is 2.70. The molecule has 25 heavy (non-hydrogen) atoms.